The largest absolute Gasteiger partial charge is 0.467 e. The molecule has 0 radical (unpaired) electrons. The van der Waals surface area contributed by atoms with Crippen LogP contribution < -0.4 is 10.6 Å². The summed E-state index contributed by atoms with van der Waals surface area (Å²) in [7, 11) is 1.28. The minimum Gasteiger partial charge on any atom is -0.467 e. The summed E-state index contributed by atoms with van der Waals surface area (Å²) in [6.45, 7) is 1.39. The van der Waals surface area contributed by atoms with Gasteiger partial charge in [-0.2, -0.15) is 0 Å². The molecular weight excluding hydrogens is 344 g/mol. The van der Waals surface area contributed by atoms with E-state index in [0.717, 1.165) is 5.56 Å². The molecule has 0 fully saturated rings. The van der Waals surface area contributed by atoms with E-state index in [4.69, 9.17) is 4.74 Å². The summed E-state index contributed by atoms with van der Waals surface area (Å²) in [6.07, 6.45) is 3.98. The Morgan fingerprint density at radius 2 is 1.81 bits per heavy atom. The molecule has 0 bridgehead atoms. The number of nitrogens with one attached hydrogen (secondary N) is 2. The molecule has 0 aliphatic heterocycles. The molecule has 0 heterocycles. The molecule has 0 aliphatic carbocycles. The molecule has 2 N–H and O–H groups in total. The second-order valence-electron chi connectivity index (χ2n) is 5.86. The first-order chi connectivity index (χ1) is 13.0. The highest BCUT2D eigenvalue weighted by Gasteiger charge is 2.21. The minimum atomic E-state index is -0.813. The van der Waals surface area contributed by atoms with Crippen LogP contribution in [0.25, 0.3) is 6.08 Å². The van der Waals surface area contributed by atoms with E-state index in [9.17, 15) is 14.4 Å². The van der Waals surface area contributed by atoms with Gasteiger partial charge in [-0.1, -0.05) is 48.6 Å². The number of rotatable bonds is 7. The van der Waals surface area contributed by atoms with Crippen molar-refractivity contribution in [3.63, 3.8) is 0 Å². The molecule has 6 heteroatoms. The lowest BCUT2D eigenvalue weighted by Gasteiger charge is -2.15. The molecule has 0 aromatic heterocycles. The van der Waals surface area contributed by atoms with Crippen molar-refractivity contribution in [3.8, 4) is 0 Å². The monoisotopic (exact) mass is 366 g/mol. The van der Waals surface area contributed by atoms with Crippen LogP contribution >= 0.6 is 0 Å². The second kappa shape index (κ2) is 9.91. The molecule has 0 aliphatic rings. The molecule has 2 amide bonds. The standard InChI is InChI=1S/C21H22N2O4/c1-15(24)22-18-12-7-11-17(14-18)20(25)23-19(21(26)27-2)13-6-10-16-8-4-3-5-9-16/h3-12,14,19H,13H2,1-2H3,(H,22,24)(H,23,25)/b10-6+/t19-/m0/s1. The number of esters is 1. The number of anilines is 1. The summed E-state index contributed by atoms with van der Waals surface area (Å²) in [5, 5.41) is 5.29. The zero-order valence-corrected chi connectivity index (χ0v) is 15.3. The van der Waals surface area contributed by atoms with Crippen molar-refractivity contribution < 1.29 is 19.1 Å². The topological polar surface area (TPSA) is 84.5 Å². The summed E-state index contributed by atoms with van der Waals surface area (Å²) in [5.41, 5.74) is 1.84. The molecule has 1 atom stereocenters. The van der Waals surface area contributed by atoms with Crippen LogP contribution in [0.4, 0.5) is 5.69 Å². The maximum absolute atomic E-state index is 12.5. The number of hydrogen-bond donors (Lipinski definition) is 2. The lowest BCUT2D eigenvalue weighted by atomic mass is 10.1. The van der Waals surface area contributed by atoms with E-state index < -0.39 is 17.9 Å². The van der Waals surface area contributed by atoms with E-state index in [1.54, 1.807) is 24.3 Å². The van der Waals surface area contributed by atoms with Gasteiger partial charge in [0.25, 0.3) is 5.91 Å². The first-order valence-corrected chi connectivity index (χ1v) is 8.47. The maximum Gasteiger partial charge on any atom is 0.328 e. The van der Waals surface area contributed by atoms with Gasteiger partial charge in [-0.25, -0.2) is 4.79 Å². The maximum atomic E-state index is 12.5. The summed E-state index contributed by atoms with van der Waals surface area (Å²) in [5.74, 6) is -1.18. The quantitative estimate of drug-likeness (QED) is 0.738. The van der Waals surface area contributed by atoms with Gasteiger partial charge in [0, 0.05) is 18.2 Å². The van der Waals surface area contributed by atoms with Gasteiger partial charge in [0.15, 0.2) is 0 Å². The zero-order chi connectivity index (χ0) is 19.6. The van der Waals surface area contributed by atoms with Gasteiger partial charge >= 0.3 is 5.97 Å². The van der Waals surface area contributed by atoms with E-state index in [0.29, 0.717) is 17.7 Å². The summed E-state index contributed by atoms with van der Waals surface area (Å²) >= 11 is 0. The highest BCUT2D eigenvalue weighted by Crippen LogP contribution is 2.12. The zero-order valence-electron chi connectivity index (χ0n) is 15.3. The van der Waals surface area contributed by atoms with Crippen molar-refractivity contribution in [1.29, 1.82) is 0 Å². The van der Waals surface area contributed by atoms with Crippen molar-refractivity contribution in [2.75, 3.05) is 12.4 Å². The lowest BCUT2D eigenvalue weighted by molar-refractivity contribution is -0.142. The van der Waals surface area contributed by atoms with Crippen LogP contribution in [-0.4, -0.2) is 30.9 Å². The average molecular weight is 366 g/mol. The number of benzene rings is 2. The fourth-order valence-corrected chi connectivity index (χ4v) is 2.44. The number of ether oxygens (including phenoxy) is 1. The van der Waals surface area contributed by atoms with Crippen molar-refractivity contribution in [2.45, 2.75) is 19.4 Å². The molecule has 0 saturated heterocycles. The third-order valence-corrected chi connectivity index (χ3v) is 3.72. The molecular formula is C21H22N2O4. The molecule has 2 rings (SSSR count). The highest BCUT2D eigenvalue weighted by atomic mass is 16.5. The number of hydrogen-bond acceptors (Lipinski definition) is 4. The van der Waals surface area contributed by atoms with Crippen LogP contribution in [-0.2, 0) is 14.3 Å². The second-order valence-corrected chi connectivity index (χ2v) is 5.86. The Bertz CT molecular complexity index is 831. The van der Waals surface area contributed by atoms with Crippen molar-refractivity contribution in [1.82, 2.24) is 5.32 Å². The highest BCUT2D eigenvalue weighted by molar-refractivity contribution is 5.98. The third-order valence-electron chi connectivity index (χ3n) is 3.72. The van der Waals surface area contributed by atoms with E-state index in [2.05, 4.69) is 10.6 Å². The van der Waals surface area contributed by atoms with Crippen LogP contribution in [0.3, 0.4) is 0 Å². The van der Waals surface area contributed by atoms with Gasteiger partial charge in [-0.05, 0) is 30.2 Å². The Hall–Kier alpha value is -3.41. The molecule has 0 unspecified atom stereocenters. The fourth-order valence-electron chi connectivity index (χ4n) is 2.44. The van der Waals surface area contributed by atoms with Crippen LogP contribution in [0.1, 0.15) is 29.3 Å². The summed E-state index contributed by atoms with van der Waals surface area (Å²) in [6, 6.07) is 15.3. The molecule has 140 valence electrons. The minimum absolute atomic E-state index is 0.231. The lowest BCUT2D eigenvalue weighted by Crippen LogP contribution is -2.41. The Balaban J connectivity index is 2.06. The first-order valence-electron chi connectivity index (χ1n) is 8.47. The number of methoxy groups -OCH3 is 1. The smallest absolute Gasteiger partial charge is 0.328 e. The van der Waals surface area contributed by atoms with Crippen molar-refractivity contribution in [3.05, 3.63) is 71.8 Å². The van der Waals surface area contributed by atoms with Gasteiger partial charge < -0.3 is 15.4 Å². The van der Waals surface area contributed by atoms with E-state index in [-0.39, 0.29) is 5.91 Å². The van der Waals surface area contributed by atoms with Gasteiger partial charge in [-0.3, -0.25) is 9.59 Å². The van der Waals surface area contributed by atoms with Crippen LogP contribution in [0.5, 0.6) is 0 Å². The molecule has 27 heavy (non-hydrogen) atoms. The first kappa shape index (κ1) is 19.9. The van der Waals surface area contributed by atoms with Gasteiger partial charge in [0.05, 0.1) is 7.11 Å². The van der Waals surface area contributed by atoms with Crippen LogP contribution in [0.15, 0.2) is 60.7 Å². The van der Waals surface area contributed by atoms with Crippen LogP contribution in [0.2, 0.25) is 0 Å². The Morgan fingerprint density at radius 1 is 1.07 bits per heavy atom. The summed E-state index contributed by atoms with van der Waals surface area (Å²) in [4.78, 5) is 35.7. The normalized spacial score (nSPS) is 11.6. The molecule has 2 aromatic rings. The Kier molecular flexibility index (Phi) is 7.31. The van der Waals surface area contributed by atoms with E-state index in [1.165, 1.54) is 14.0 Å². The molecule has 2 aromatic carbocycles. The van der Waals surface area contributed by atoms with E-state index >= 15 is 0 Å². The fraction of sp³-hybridized carbons (Fsp3) is 0.190. The number of carbonyl (C=O) groups is 3. The van der Waals surface area contributed by atoms with Crippen molar-refractivity contribution >= 4 is 29.5 Å². The summed E-state index contributed by atoms with van der Waals surface area (Å²) < 4.78 is 4.78. The molecule has 6 nitrogen and oxygen atoms in total. The third kappa shape index (κ3) is 6.43. The Labute approximate surface area is 158 Å². The van der Waals surface area contributed by atoms with Gasteiger partial charge in [0.1, 0.15) is 6.04 Å². The van der Waals surface area contributed by atoms with Gasteiger partial charge in [0.2, 0.25) is 5.91 Å². The Morgan fingerprint density at radius 3 is 2.48 bits per heavy atom. The predicted octanol–water partition coefficient (Wildman–Crippen LogP) is 3.02. The molecule has 0 spiro atoms. The predicted molar refractivity (Wildman–Crippen MR) is 104 cm³/mol. The number of carbonyl (C=O) groups excluding carboxylic acids is 3. The SMILES string of the molecule is COC(=O)[C@H](C/C=C/c1ccccc1)NC(=O)c1cccc(NC(C)=O)c1. The van der Waals surface area contributed by atoms with Crippen molar-refractivity contribution in [2.24, 2.45) is 0 Å². The average Bonchev–Trinajstić information content (AvgIpc) is 2.67. The van der Waals surface area contributed by atoms with Gasteiger partial charge in [-0.15, -0.1) is 0 Å². The molecule has 0 saturated carbocycles. The number of amides is 2. The van der Waals surface area contributed by atoms with Crippen LogP contribution in [0, 0.1) is 0 Å². The van der Waals surface area contributed by atoms with E-state index in [1.807, 2.05) is 42.5 Å².